The molecule has 0 atom stereocenters. The van der Waals surface area contributed by atoms with Crippen LogP contribution in [0.25, 0.3) is 0 Å². The summed E-state index contributed by atoms with van der Waals surface area (Å²) < 4.78 is 2.17. The molecule has 0 aliphatic heterocycles. The number of carbonyl (C=O) groups is 1. The molecule has 1 N–H and O–H groups in total. The van der Waals surface area contributed by atoms with Gasteiger partial charge in [0.05, 0.1) is 0 Å². The quantitative estimate of drug-likeness (QED) is 0.551. The minimum absolute atomic E-state index is 0.201. The number of nitrogens with one attached hydrogen (secondary N) is 1. The van der Waals surface area contributed by atoms with Crippen molar-refractivity contribution in [2.75, 3.05) is 5.32 Å². The Morgan fingerprint density at radius 1 is 1.00 bits per heavy atom. The van der Waals surface area contributed by atoms with E-state index in [-0.39, 0.29) is 16.9 Å². The summed E-state index contributed by atoms with van der Waals surface area (Å²) in [6, 6.07) is 19.4. The van der Waals surface area contributed by atoms with E-state index in [2.05, 4.69) is 28.9 Å². The predicted octanol–water partition coefficient (Wildman–Crippen LogP) is 5.36. The minimum atomic E-state index is -0.329. The van der Waals surface area contributed by atoms with Crippen LogP contribution in [0.15, 0.2) is 65.5 Å². The highest BCUT2D eigenvalue weighted by Gasteiger charge is 2.21. The van der Waals surface area contributed by atoms with Crippen molar-refractivity contribution in [2.24, 2.45) is 0 Å². The lowest BCUT2D eigenvalue weighted by molar-refractivity contribution is 0.102. The number of aromatic nitrogens is 1. The van der Waals surface area contributed by atoms with Crippen molar-refractivity contribution in [3.8, 4) is 0 Å². The van der Waals surface area contributed by atoms with E-state index in [1.165, 1.54) is 0 Å². The smallest absolute Gasteiger partial charge is 0.261 e. The molecule has 4 nitrogen and oxygen atoms in total. The van der Waals surface area contributed by atoms with Gasteiger partial charge in [-0.1, -0.05) is 68.8 Å². The summed E-state index contributed by atoms with van der Waals surface area (Å²) >= 11 is 0. The second kappa shape index (κ2) is 10.1. The lowest BCUT2D eigenvalue weighted by Gasteiger charge is -2.21. The van der Waals surface area contributed by atoms with Gasteiger partial charge in [0.15, 0.2) is 5.43 Å². The van der Waals surface area contributed by atoms with Crippen LogP contribution >= 0.6 is 0 Å². The van der Waals surface area contributed by atoms with Crippen molar-refractivity contribution in [2.45, 2.75) is 53.0 Å². The van der Waals surface area contributed by atoms with Crippen molar-refractivity contribution in [1.29, 1.82) is 0 Å². The molecule has 0 unspecified atom stereocenters. The first kappa shape index (κ1) is 21.6. The summed E-state index contributed by atoms with van der Waals surface area (Å²) in [7, 11) is 0. The Bertz CT molecular complexity index is 1070. The number of unbranched alkanes of at least 4 members (excludes halogenated alkanes) is 1. The number of hydrogen-bond donors (Lipinski definition) is 1. The van der Waals surface area contributed by atoms with Crippen LogP contribution in [-0.4, -0.2) is 10.5 Å². The van der Waals surface area contributed by atoms with E-state index in [9.17, 15) is 9.59 Å². The summed E-state index contributed by atoms with van der Waals surface area (Å²) in [5, 5.41) is 2.96. The van der Waals surface area contributed by atoms with Gasteiger partial charge in [0.1, 0.15) is 5.56 Å². The molecule has 1 amide bonds. The standard InChI is InChI=1S/C26H30N2O2/c1-4-6-16-23-25(26(30)27-22-15-11-10-12-19(22)3)24(29)17-21(5-2)28(23)18-20-13-8-7-9-14-20/h7-15,17H,4-6,16,18H2,1-3H3,(H,27,30). The lowest BCUT2D eigenvalue weighted by atomic mass is 10.0. The van der Waals surface area contributed by atoms with Gasteiger partial charge in [-0.3, -0.25) is 9.59 Å². The van der Waals surface area contributed by atoms with Crippen LogP contribution in [0.2, 0.25) is 0 Å². The zero-order valence-corrected chi connectivity index (χ0v) is 18.1. The van der Waals surface area contributed by atoms with Crippen molar-refractivity contribution < 1.29 is 4.79 Å². The fraction of sp³-hybridized carbons (Fsp3) is 0.308. The Morgan fingerprint density at radius 2 is 1.70 bits per heavy atom. The molecule has 0 bridgehead atoms. The van der Waals surface area contributed by atoms with Gasteiger partial charge in [-0.15, -0.1) is 0 Å². The molecule has 0 aliphatic rings. The number of carbonyl (C=O) groups excluding carboxylic acids is 1. The van der Waals surface area contributed by atoms with E-state index in [1.54, 1.807) is 6.07 Å². The molecule has 0 saturated heterocycles. The van der Waals surface area contributed by atoms with Gasteiger partial charge in [0.25, 0.3) is 5.91 Å². The van der Waals surface area contributed by atoms with Gasteiger partial charge in [0, 0.05) is 29.7 Å². The number of hydrogen-bond acceptors (Lipinski definition) is 2. The van der Waals surface area contributed by atoms with Crippen LogP contribution in [0.4, 0.5) is 5.69 Å². The largest absolute Gasteiger partial charge is 0.343 e. The SMILES string of the molecule is CCCCc1c(C(=O)Nc2ccccc2C)c(=O)cc(CC)n1Cc1ccccc1. The van der Waals surface area contributed by atoms with E-state index >= 15 is 0 Å². The first-order chi connectivity index (χ1) is 14.5. The molecule has 0 spiro atoms. The maximum Gasteiger partial charge on any atom is 0.261 e. The number of pyridine rings is 1. The van der Waals surface area contributed by atoms with Crippen LogP contribution < -0.4 is 10.7 Å². The second-order valence-corrected chi connectivity index (χ2v) is 7.62. The number of rotatable bonds is 8. The third-order valence-electron chi connectivity index (χ3n) is 5.44. The number of anilines is 1. The first-order valence-electron chi connectivity index (χ1n) is 10.7. The molecule has 0 saturated carbocycles. The fourth-order valence-corrected chi connectivity index (χ4v) is 3.75. The molecule has 0 aliphatic carbocycles. The predicted molar refractivity (Wildman–Crippen MR) is 123 cm³/mol. The maximum absolute atomic E-state index is 13.3. The molecule has 0 radical (unpaired) electrons. The molecule has 0 fully saturated rings. The number of benzene rings is 2. The van der Waals surface area contributed by atoms with Gasteiger partial charge in [-0.2, -0.15) is 0 Å². The molecule has 1 aromatic heterocycles. The van der Waals surface area contributed by atoms with E-state index in [1.807, 2.05) is 56.3 Å². The van der Waals surface area contributed by atoms with E-state index in [0.717, 1.165) is 47.5 Å². The summed E-state index contributed by atoms with van der Waals surface area (Å²) in [5.74, 6) is -0.329. The Balaban J connectivity index is 2.10. The van der Waals surface area contributed by atoms with Crippen LogP contribution in [0.1, 0.15) is 59.6 Å². The van der Waals surface area contributed by atoms with Gasteiger partial charge in [-0.25, -0.2) is 0 Å². The van der Waals surface area contributed by atoms with Gasteiger partial charge in [0.2, 0.25) is 0 Å². The first-order valence-corrected chi connectivity index (χ1v) is 10.7. The summed E-state index contributed by atoms with van der Waals surface area (Å²) in [5.41, 5.74) is 4.71. The van der Waals surface area contributed by atoms with E-state index in [4.69, 9.17) is 0 Å². The molecule has 4 heteroatoms. The van der Waals surface area contributed by atoms with Gasteiger partial charge < -0.3 is 9.88 Å². The van der Waals surface area contributed by atoms with Crippen molar-refractivity contribution >= 4 is 11.6 Å². The molecule has 156 valence electrons. The highest BCUT2D eigenvalue weighted by atomic mass is 16.2. The lowest BCUT2D eigenvalue weighted by Crippen LogP contribution is -2.29. The topological polar surface area (TPSA) is 51.1 Å². The monoisotopic (exact) mass is 402 g/mol. The summed E-state index contributed by atoms with van der Waals surface area (Å²) in [6.45, 7) is 6.76. The summed E-state index contributed by atoms with van der Waals surface area (Å²) in [6.07, 6.45) is 3.35. The Morgan fingerprint density at radius 3 is 2.37 bits per heavy atom. The zero-order valence-electron chi connectivity index (χ0n) is 18.1. The molecule has 1 heterocycles. The van der Waals surface area contributed by atoms with Crippen LogP contribution in [0, 0.1) is 6.92 Å². The molecule has 2 aromatic carbocycles. The van der Waals surface area contributed by atoms with Crippen molar-refractivity contribution in [3.63, 3.8) is 0 Å². The normalized spacial score (nSPS) is 10.8. The highest BCUT2D eigenvalue weighted by Crippen LogP contribution is 2.19. The Hall–Kier alpha value is -3.14. The fourth-order valence-electron chi connectivity index (χ4n) is 3.75. The van der Waals surface area contributed by atoms with Crippen molar-refractivity contribution in [1.82, 2.24) is 4.57 Å². The third kappa shape index (κ3) is 4.88. The Kier molecular flexibility index (Phi) is 7.23. The minimum Gasteiger partial charge on any atom is -0.343 e. The molecule has 30 heavy (non-hydrogen) atoms. The van der Waals surface area contributed by atoms with E-state index < -0.39 is 0 Å². The summed E-state index contributed by atoms with van der Waals surface area (Å²) in [4.78, 5) is 26.3. The second-order valence-electron chi connectivity index (χ2n) is 7.62. The molecule has 3 rings (SSSR count). The van der Waals surface area contributed by atoms with E-state index in [0.29, 0.717) is 13.0 Å². The molecular formula is C26H30N2O2. The van der Waals surface area contributed by atoms with Crippen LogP contribution in [0.5, 0.6) is 0 Å². The number of para-hydroxylation sites is 1. The van der Waals surface area contributed by atoms with Crippen LogP contribution in [0.3, 0.4) is 0 Å². The Labute approximate surface area is 178 Å². The average Bonchev–Trinajstić information content (AvgIpc) is 2.75. The van der Waals surface area contributed by atoms with Crippen LogP contribution in [-0.2, 0) is 19.4 Å². The van der Waals surface area contributed by atoms with Gasteiger partial charge >= 0.3 is 0 Å². The molecule has 3 aromatic rings. The third-order valence-corrected chi connectivity index (χ3v) is 5.44. The molecular weight excluding hydrogens is 372 g/mol. The highest BCUT2D eigenvalue weighted by molar-refractivity contribution is 6.05. The average molecular weight is 403 g/mol. The maximum atomic E-state index is 13.3. The zero-order chi connectivity index (χ0) is 21.5. The van der Waals surface area contributed by atoms with Gasteiger partial charge in [-0.05, 0) is 43.4 Å². The van der Waals surface area contributed by atoms with Crippen molar-refractivity contribution in [3.05, 3.63) is 99.0 Å². The number of aryl methyl sites for hydroxylation is 2. The number of nitrogens with zero attached hydrogens (tertiary/aromatic N) is 1. The number of amides is 1.